The van der Waals surface area contributed by atoms with Gasteiger partial charge in [-0.1, -0.05) is 24.3 Å². The molecule has 0 saturated heterocycles. The van der Waals surface area contributed by atoms with Gasteiger partial charge < -0.3 is 5.32 Å². The molecule has 26 heavy (non-hydrogen) atoms. The van der Waals surface area contributed by atoms with E-state index in [1.54, 1.807) is 23.0 Å². The number of nitrogens with zero attached hydrogens (tertiary/aromatic N) is 2. The minimum Gasteiger partial charge on any atom is -0.352 e. The van der Waals surface area contributed by atoms with Gasteiger partial charge in [-0.05, 0) is 42.3 Å². The molecule has 0 saturated carbocycles. The molecule has 1 aromatic heterocycles. The van der Waals surface area contributed by atoms with Gasteiger partial charge in [0.25, 0.3) is 5.91 Å². The van der Waals surface area contributed by atoms with Crippen molar-refractivity contribution in [1.29, 1.82) is 0 Å². The molecule has 6 nitrogen and oxygen atoms in total. The third-order valence-electron chi connectivity index (χ3n) is 3.88. The third-order valence-corrected chi connectivity index (χ3v) is 4.99. The highest BCUT2D eigenvalue weighted by molar-refractivity contribution is 7.90. The molecular weight excluding hydrogens is 350 g/mol. The Morgan fingerprint density at radius 2 is 1.88 bits per heavy atom. The first-order chi connectivity index (χ1) is 12.4. The molecule has 0 unspecified atom stereocenters. The van der Waals surface area contributed by atoms with E-state index < -0.39 is 9.84 Å². The van der Waals surface area contributed by atoms with Crippen LogP contribution in [0.2, 0.25) is 0 Å². The van der Waals surface area contributed by atoms with Crippen LogP contribution in [-0.2, 0) is 16.3 Å². The van der Waals surface area contributed by atoms with Gasteiger partial charge in [-0.2, -0.15) is 5.10 Å². The molecule has 1 amide bonds. The van der Waals surface area contributed by atoms with Crippen LogP contribution in [0.5, 0.6) is 0 Å². The van der Waals surface area contributed by atoms with Crippen molar-refractivity contribution in [3.8, 4) is 5.69 Å². The van der Waals surface area contributed by atoms with Crippen LogP contribution < -0.4 is 5.32 Å². The molecule has 0 spiro atoms. The summed E-state index contributed by atoms with van der Waals surface area (Å²) in [6.45, 7) is 0.433. The van der Waals surface area contributed by atoms with E-state index in [4.69, 9.17) is 0 Å². The number of hydrogen-bond acceptors (Lipinski definition) is 4. The number of amides is 1. The van der Waals surface area contributed by atoms with Crippen LogP contribution >= 0.6 is 0 Å². The van der Waals surface area contributed by atoms with Crippen LogP contribution in [0, 0.1) is 0 Å². The van der Waals surface area contributed by atoms with Crippen molar-refractivity contribution < 1.29 is 13.2 Å². The largest absolute Gasteiger partial charge is 0.352 e. The van der Waals surface area contributed by atoms with Crippen LogP contribution in [0.4, 0.5) is 0 Å². The summed E-state index contributed by atoms with van der Waals surface area (Å²) in [5, 5.41) is 7.12. The monoisotopic (exact) mass is 369 g/mol. The first-order valence-corrected chi connectivity index (χ1v) is 10.00. The van der Waals surface area contributed by atoms with Crippen LogP contribution in [0.15, 0.2) is 71.9 Å². The minimum atomic E-state index is -3.34. The SMILES string of the molecule is CS(=O)(=O)c1cccc(C(=O)NCCc2cnn(-c3ccccc3)c2)c1. The molecule has 1 heterocycles. The zero-order valence-corrected chi connectivity index (χ0v) is 15.1. The Bertz CT molecular complexity index is 1010. The predicted octanol–water partition coefficient (Wildman–Crippen LogP) is 2.25. The van der Waals surface area contributed by atoms with Gasteiger partial charge in [0, 0.05) is 24.6 Å². The second-order valence-corrected chi connectivity index (χ2v) is 7.95. The van der Waals surface area contributed by atoms with E-state index in [0.717, 1.165) is 17.5 Å². The van der Waals surface area contributed by atoms with Crippen molar-refractivity contribution in [3.05, 3.63) is 78.1 Å². The van der Waals surface area contributed by atoms with Gasteiger partial charge in [-0.3, -0.25) is 4.79 Å². The second kappa shape index (κ2) is 7.53. The number of carbonyl (C=O) groups excluding carboxylic acids is 1. The van der Waals surface area contributed by atoms with Crippen molar-refractivity contribution >= 4 is 15.7 Å². The number of carbonyl (C=O) groups is 1. The van der Waals surface area contributed by atoms with Crippen LogP contribution in [0.1, 0.15) is 15.9 Å². The zero-order valence-electron chi connectivity index (χ0n) is 14.3. The molecule has 0 bridgehead atoms. The van der Waals surface area contributed by atoms with Crippen molar-refractivity contribution in [3.63, 3.8) is 0 Å². The van der Waals surface area contributed by atoms with Gasteiger partial charge in [0.05, 0.1) is 16.8 Å². The van der Waals surface area contributed by atoms with Crippen LogP contribution in [0.25, 0.3) is 5.69 Å². The number of sulfone groups is 1. The van der Waals surface area contributed by atoms with E-state index in [0.29, 0.717) is 18.5 Å². The average Bonchev–Trinajstić information content (AvgIpc) is 3.11. The average molecular weight is 369 g/mol. The maximum Gasteiger partial charge on any atom is 0.251 e. The molecule has 0 aliphatic rings. The number of benzene rings is 2. The zero-order chi connectivity index (χ0) is 18.6. The summed E-state index contributed by atoms with van der Waals surface area (Å²) in [5.74, 6) is -0.300. The fraction of sp³-hybridized carbons (Fsp3) is 0.158. The summed E-state index contributed by atoms with van der Waals surface area (Å²) >= 11 is 0. The minimum absolute atomic E-state index is 0.134. The molecule has 134 valence electrons. The number of rotatable bonds is 6. The second-order valence-electron chi connectivity index (χ2n) is 5.93. The Kier molecular flexibility index (Phi) is 5.18. The van der Waals surface area contributed by atoms with Crippen molar-refractivity contribution in [2.75, 3.05) is 12.8 Å². The van der Waals surface area contributed by atoms with Crippen molar-refractivity contribution in [2.45, 2.75) is 11.3 Å². The number of aromatic nitrogens is 2. The topological polar surface area (TPSA) is 81.1 Å². The fourth-order valence-corrected chi connectivity index (χ4v) is 3.17. The number of para-hydroxylation sites is 1. The molecule has 3 aromatic rings. The lowest BCUT2D eigenvalue weighted by Crippen LogP contribution is -2.25. The van der Waals surface area contributed by atoms with Crippen molar-refractivity contribution in [2.24, 2.45) is 0 Å². The molecule has 1 N–H and O–H groups in total. The highest BCUT2D eigenvalue weighted by atomic mass is 32.2. The maximum absolute atomic E-state index is 12.2. The van der Waals surface area contributed by atoms with Crippen molar-refractivity contribution in [1.82, 2.24) is 15.1 Å². The van der Waals surface area contributed by atoms with E-state index in [2.05, 4.69) is 10.4 Å². The third kappa shape index (κ3) is 4.37. The quantitative estimate of drug-likeness (QED) is 0.723. The van der Waals surface area contributed by atoms with E-state index in [1.807, 2.05) is 36.5 Å². The fourth-order valence-electron chi connectivity index (χ4n) is 2.50. The van der Waals surface area contributed by atoms with Gasteiger partial charge >= 0.3 is 0 Å². The Hall–Kier alpha value is -2.93. The van der Waals surface area contributed by atoms with E-state index in [9.17, 15) is 13.2 Å². The first kappa shape index (κ1) is 17.9. The molecule has 0 aliphatic carbocycles. The first-order valence-electron chi connectivity index (χ1n) is 8.11. The number of hydrogen-bond donors (Lipinski definition) is 1. The Labute approximate surface area is 152 Å². The number of nitrogens with one attached hydrogen (secondary N) is 1. The molecular formula is C19H19N3O3S. The molecule has 2 aromatic carbocycles. The molecule has 0 radical (unpaired) electrons. The lowest BCUT2D eigenvalue weighted by atomic mass is 10.2. The predicted molar refractivity (Wildman–Crippen MR) is 99.2 cm³/mol. The van der Waals surface area contributed by atoms with Gasteiger partial charge in [-0.15, -0.1) is 0 Å². The highest BCUT2D eigenvalue weighted by Gasteiger charge is 2.11. The van der Waals surface area contributed by atoms with E-state index in [-0.39, 0.29) is 10.8 Å². The van der Waals surface area contributed by atoms with Crippen LogP contribution in [-0.4, -0.2) is 36.9 Å². The van der Waals surface area contributed by atoms with E-state index >= 15 is 0 Å². The Balaban J connectivity index is 1.59. The van der Waals surface area contributed by atoms with Gasteiger partial charge in [0.15, 0.2) is 9.84 Å². The molecule has 3 rings (SSSR count). The lowest BCUT2D eigenvalue weighted by molar-refractivity contribution is 0.0954. The summed E-state index contributed by atoms with van der Waals surface area (Å²) in [5.41, 5.74) is 2.30. The summed E-state index contributed by atoms with van der Waals surface area (Å²) in [7, 11) is -3.34. The normalized spacial score (nSPS) is 11.3. The van der Waals surface area contributed by atoms with Crippen LogP contribution in [0.3, 0.4) is 0 Å². The van der Waals surface area contributed by atoms with Gasteiger partial charge in [0.1, 0.15) is 0 Å². The van der Waals surface area contributed by atoms with Gasteiger partial charge in [-0.25, -0.2) is 13.1 Å². The standard InChI is InChI=1S/C19H19N3O3S/c1-26(24,25)18-9-5-6-16(12-18)19(23)20-11-10-15-13-21-22(14-15)17-7-3-2-4-8-17/h2-9,12-14H,10-11H2,1H3,(H,20,23). The highest BCUT2D eigenvalue weighted by Crippen LogP contribution is 2.11. The smallest absolute Gasteiger partial charge is 0.251 e. The lowest BCUT2D eigenvalue weighted by Gasteiger charge is -2.06. The Morgan fingerprint density at radius 1 is 1.12 bits per heavy atom. The maximum atomic E-state index is 12.2. The summed E-state index contributed by atoms with van der Waals surface area (Å²) in [6.07, 6.45) is 5.44. The van der Waals surface area contributed by atoms with E-state index in [1.165, 1.54) is 12.1 Å². The van der Waals surface area contributed by atoms with Gasteiger partial charge in [0.2, 0.25) is 0 Å². The molecule has 0 atom stereocenters. The summed E-state index contributed by atoms with van der Waals surface area (Å²) in [6, 6.07) is 15.8. The summed E-state index contributed by atoms with van der Waals surface area (Å²) in [4.78, 5) is 12.3. The molecule has 0 fully saturated rings. The molecule has 0 aliphatic heterocycles. The molecule has 7 heteroatoms. The Morgan fingerprint density at radius 3 is 2.62 bits per heavy atom. The summed E-state index contributed by atoms with van der Waals surface area (Å²) < 4.78 is 25.0.